The molecule has 196 valence electrons. The Morgan fingerprint density at radius 1 is 1.14 bits per heavy atom. The summed E-state index contributed by atoms with van der Waals surface area (Å²) in [7, 11) is 3.17. The van der Waals surface area contributed by atoms with E-state index in [1.807, 2.05) is 17.0 Å². The maximum absolute atomic E-state index is 13.1. The number of hydrogen-bond donors (Lipinski definition) is 1. The number of aromatic amines is 1. The Morgan fingerprint density at radius 3 is 2.51 bits per heavy atom. The van der Waals surface area contributed by atoms with Crippen molar-refractivity contribution in [2.75, 3.05) is 40.5 Å². The van der Waals surface area contributed by atoms with Gasteiger partial charge in [-0.05, 0) is 41.1 Å². The van der Waals surface area contributed by atoms with Crippen LogP contribution in [0.15, 0.2) is 46.6 Å². The molecular formula is C24H23ClF3N5O3S. The number of alkyl halides is 3. The number of aliphatic imine (C=N–C) groups is 1. The van der Waals surface area contributed by atoms with E-state index in [0.29, 0.717) is 47.5 Å². The van der Waals surface area contributed by atoms with E-state index in [4.69, 9.17) is 21.1 Å². The molecule has 1 aromatic carbocycles. The lowest BCUT2D eigenvalue weighted by Gasteiger charge is -2.22. The minimum Gasteiger partial charge on any atom is -0.383 e. The van der Waals surface area contributed by atoms with Crippen LogP contribution in [0.2, 0.25) is 5.02 Å². The largest absolute Gasteiger partial charge is 0.417 e. The molecule has 0 radical (unpaired) electrons. The number of carbonyl (C=O) groups excluding carboxylic acids is 1. The molecule has 1 N–H and O–H groups in total. The van der Waals surface area contributed by atoms with Crippen molar-refractivity contribution < 1.29 is 27.4 Å². The fourth-order valence-corrected chi connectivity index (χ4v) is 4.99. The van der Waals surface area contributed by atoms with Crippen molar-refractivity contribution in [2.24, 2.45) is 4.99 Å². The minimum absolute atomic E-state index is 0.0212. The number of amides is 1. The number of allylic oxidation sites excluding steroid dienone is 1. The molecule has 0 saturated heterocycles. The van der Waals surface area contributed by atoms with Crippen molar-refractivity contribution in [3.63, 3.8) is 0 Å². The van der Waals surface area contributed by atoms with E-state index in [1.165, 1.54) is 11.8 Å². The Morgan fingerprint density at radius 2 is 1.86 bits per heavy atom. The lowest BCUT2D eigenvalue weighted by atomic mass is 9.98. The number of aromatic nitrogens is 3. The summed E-state index contributed by atoms with van der Waals surface area (Å²) < 4.78 is 49.8. The van der Waals surface area contributed by atoms with E-state index in [9.17, 15) is 18.0 Å². The molecule has 37 heavy (non-hydrogen) atoms. The number of carbonyl (C=O) groups is 1. The first-order valence-corrected chi connectivity index (χ1v) is 12.3. The maximum Gasteiger partial charge on any atom is 0.417 e. The number of hydrogen-bond acceptors (Lipinski definition) is 7. The van der Waals surface area contributed by atoms with Crippen molar-refractivity contribution in [1.29, 1.82) is 0 Å². The lowest BCUT2D eigenvalue weighted by molar-refractivity contribution is -0.137. The molecule has 0 spiro atoms. The summed E-state index contributed by atoms with van der Waals surface area (Å²) in [5.41, 5.74) is 1.29. The van der Waals surface area contributed by atoms with Gasteiger partial charge in [-0.1, -0.05) is 17.7 Å². The highest BCUT2D eigenvalue weighted by Crippen LogP contribution is 2.39. The van der Waals surface area contributed by atoms with Crippen LogP contribution in [0.5, 0.6) is 0 Å². The van der Waals surface area contributed by atoms with Gasteiger partial charge < -0.3 is 14.4 Å². The standard InChI is InChI=1S/C24H23ClF3N5O3S/c1-35-7-5-33(6-8-36-2)23-31-22(34)21(37-23)17(14-3-4-19-15(9-14)12-30-32-19)11-20-18(25)10-16(13-29-20)24(26,27)28/h3-4,9-10,12-13H,5-8,11H2,1-2H3,(H,30,32). The molecule has 2 aromatic heterocycles. The first-order chi connectivity index (χ1) is 17.7. The zero-order valence-electron chi connectivity index (χ0n) is 19.9. The third-order valence-electron chi connectivity index (χ3n) is 5.64. The average molecular weight is 554 g/mol. The fourth-order valence-electron chi connectivity index (χ4n) is 3.69. The van der Waals surface area contributed by atoms with Gasteiger partial charge in [0.2, 0.25) is 0 Å². The first-order valence-electron chi connectivity index (χ1n) is 11.1. The number of fused-ring (bicyclic) bond motifs is 1. The zero-order chi connectivity index (χ0) is 26.6. The number of ether oxygens (including phenoxy) is 2. The molecule has 13 heteroatoms. The number of methoxy groups -OCH3 is 2. The van der Waals surface area contributed by atoms with Crippen LogP contribution in [0.25, 0.3) is 16.5 Å². The second-order valence-electron chi connectivity index (χ2n) is 8.08. The molecule has 1 aliphatic heterocycles. The molecule has 0 bridgehead atoms. The highest BCUT2D eigenvalue weighted by atomic mass is 35.5. The van der Waals surface area contributed by atoms with Crippen molar-refractivity contribution in [3.8, 4) is 0 Å². The van der Waals surface area contributed by atoms with Crippen LogP contribution in [0.1, 0.15) is 16.8 Å². The molecular weight excluding hydrogens is 531 g/mol. The predicted octanol–water partition coefficient (Wildman–Crippen LogP) is 4.81. The van der Waals surface area contributed by atoms with E-state index in [2.05, 4.69) is 20.2 Å². The van der Waals surface area contributed by atoms with Gasteiger partial charge in [0.15, 0.2) is 5.17 Å². The summed E-state index contributed by atoms with van der Waals surface area (Å²) in [6, 6.07) is 6.31. The van der Waals surface area contributed by atoms with Gasteiger partial charge in [0, 0.05) is 45.3 Å². The quantitative estimate of drug-likeness (QED) is 0.380. The fraction of sp³-hybridized carbons (Fsp3) is 0.333. The topological polar surface area (TPSA) is 92.7 Å². The third kappa shape index (κ3) is 6.32. The molecule has 0 unspecified atom stereocenters. The molecule has 4 rings (SSSR count). The number of amidine groups is 1. The van der Waals surface area contributed by atoms with Crippen LogP contribution in [0, 0.1) is 0 Å². The van der Waals surface area contributed by atoms with Gasteiger partial charge in [0.1, 0.15) is 0 Å². The predicted molar refractivity (Wildman–Crippen MR) is 136 cm³/mol. The lowest BCUT2D eigenvalue weighted by Crippen LogP contribution is -2.34. The van der Waals surface area contributed by atoms with Crippen molar-refractivity contribution in [3.05, 3.63) is 63.4 Å². The van der Waals surface area contributed by atoms with Gasteiger partial charge in [-0.2, -0.15) is 23.3 Å². The SMILES string of the molecule is COCCN(CCOC)C1=NC(=O)C(=C(Cc2ncc(C(F)(F)F)cc2Cl)c2ccc3[nH]ncc3c2)S1. The van der Waals surface area contributed by atoms with Crippen molar-refractivity contribution in [2.45, 2.75) is 12.6 Å². The van der Waals surface area contributed by atoms with Crippen LogP contribution in [0.3, 0.4) is 0 Å². The van der Waals surface area contributed by atoms with Crippen molar-refractivity contribution >= 4 is 50.9 Å². The van der Waals surface area contributed by atoms with Gasteiger partial charge in [0.25, 0.3) is 5.91 Å². The highest BCUT2D eigenvalue weighted by Gasteiger charge is 2.33. The second kappa shape index (κ2) is 11.6. The average Bonchev–Trinajstić information content (AvgIpc) is 3.49. The Hall–Kier alpha value is -2.93. The smallest absolute Gasteiger partial charge is 0.383 e. The molecule has 1 aliphatic rings. The highest BCUT2D eigenvalue weighted by molar-refractivity contribution is 8.18. The number of nitrogens with zero attached hydrogens (tertiary/aromatic N) is 4. The molecule has 8 nitrogen and oxygen atoms in total. The van der Waals surface area contributed by atoms with E-state index in [0.717, 1.165) is 23.2 Å². The Bertz CT molecular complexity index is 1350. The minimum atomic E-state index is -4.57. The summed E-state index contributed by atoms with van der Waals surface area (Å²) in [6.45, 7) is 1.83. The van der Waals surface area contributed by atoms with E-state index in [1.54, 1.807) is 26.5 Å². The Kier molecular flexibility index (Phi) is 8.53. The monoisotopic (exact) mass is 553 g/mol. The van der Waals surface area contributed by atoms with Crippen LogP contribution < -0.4 is 0 Å². The summed E-state index contributed by atoms with van der Waals surface area (Å²) >= 11 is 7.42. The summed E-state index contributed by atoms with van der Waals surface area (Å²) in [5.74, 6) is -0.454. The Labute approximate surface area is 219 Å². The van der Waals surface area contributed by atoms with Crippen LogP contribution in [0.4, 0.5) is 13.2 Å². The molecule has 0 fully saturated rings. The number of pyridine rings is 1. The van der Waals surface area contributed by atoms with Gasteiger partial charge in [0.05, 0.1) is 46.1 Å². The number of nitrogens with one attached hydrogen (secondary N) is 1. The van der Waals surface area contributed by atoms with E-state index in [-0.39, 0.29) is 17.1 Å². The molecule has 0 atom stereocenters. The van der Waals surface area contributed by atoms with Crippen LogP contribution in [-0.2, 0) is 26.9 Å². The number of H-pyrrole nitrogens is 1. The zero-order valence-corrected chi connectivity index (χ0v) is 21.5. The maximum atomic E-state index is 13.1. The summed E-state index contributed by atoms with van der Waals surface area (Å²) in [6.07, 6.45) is -2.16. The van der Waals surface area contributed by atoms with Gasteiger partial charge in [-0.3, -0.25) is 14.9 Å². The number of benzene rings is 1. The van der Waals surface area contributed by atoms with E-state index < -0.39 is 17.6 Å². The van der Waals surface area contributed by atoms with Gasteiger partial charge in [-0.25, -0.2) is 0 Å². The van der Waals surface area contributed by atoms with Gasteiger partial charge >= 0.3 is 6.18 Å². The normalized spacial score (nSPS) is 15.4. The molecule has 3 aromatic rings. The molecule has 3 heterocycles. The molecule has 0 saturated carbocycles. The molecule has 0 aliphatic carbocycles. The van der Waals surface area contributed by atoms with Crippen molar-refractivity contribution in [1.82, 2.24) is 20.1 Å². The molecule has 1 amide bonds. The summed E-state index contributed by atoms with van der Waals surface area (Å²) in [4.78, 5) is 23.6. The van der Waals surface area contributed by atoms with Crippen LogP contribution in [-0.4, -0.2) is 71.7 Å². The number of halogens is 4. The number of rotatable bonds is 9. The van der Waals surface area contributed by atoms with E-state index >= 15 is 0 Å². The second-order valence-corrected chi connectivity index (χ2v) is 9.47. The van der Waals surface area contributed by atoms with Crippen LogP contribution >= 0.6 is 23.4 Å². The number of thioether (sulfide) groups is 1. The third-order valence-corrected chi connectivity index (χ3v) is 7.12. The summed E-state index contributed by atoms with van der Waals surface area (Å²) in [5, 5.41) is 8.06. The first kappa shape index (κ1) is 27.1. The van der Waals surface area contributed by atoms with Gasteiger partial charge in [-0.15, -0.1) is 0 Å². The Balaban J connectivity index is 1.74.